The second kappa shape index (κ2) is 8.07. The number of rotatable bonds is 5. The Kier molecular flexibility index (Phi) is 5.28. The van der Waals surface area contributed by atoms with E-state index in [-0.39, 0.29) is 17.7 Å². The van der Waals surface area contributed by atoms with Gasteiger partial charge in [-0.3, -0.25) is 0 Å². The first-order valence-corrected chi connectivity index (χ1v) is 11.3. The van der Waals surface area contributed by atoms with E-state index in [1.807, 2.05) is 7.11 Å². The van der Waals surface area contributed by atoms with Crippen molar-refractivity contribution in [1.82, 2.24) is 5.32 Å². The Morgan fingerprint density at radius 3 is 2.80 bits per heavy atom. The molecule has 2 fully saturated rings. The largest absolute Gasteiger partial charge is 0.447 e. The molecule has 2 aromatic carbocycles. The van der Waals surface area contributed by atoms with Gasteiger partial charge < -0.3 is 14.8 Å². The number of carbonyl (C=O) groups excluding carboxylic acids is 1. The molecule has 1 heterocycles. The first kappa shape index (κ1) is 19.6. The van der Waals surface area contributed by atoms with Crippen LogP contribution in [0.15, 0.2) is 48.5 Å². The second-order valence-corrected chi connectivity index (χ2v) is 9.42. The molecule has 5 rings (SSSR count). The number of hydrogen-bond acceptors (Lipinski definition) is 3. The third kappa shape index (κ3) is 3.85. The number of ether oxygens (including phenoxy) is 2. The standard InChI is InChI=1S/C26H31NO3/c1-29-24(13-18-5-3-2-4-6-18)22-10-9-19-14-21(8-7-20(19)15-22)23-11-12-26(16-23)17-30-25(28)27-26/h2-8,14,22-24H,9-13,15-17H2,1H3,(H,27,28)/t22-,23-,24?,26+/m0/s1. The zero-order valence-electron chi connectivity index (χ0n) is 17.7. The minimum absolute atomic E-state index is 0.133. The van der Waals surface area contributed by atoms with E-state index in [2.05, 4.69) is 53.8 Å². The first-order chi connectivity index (χ1) is 14.6. The van der Waals surface area contributed by atoms with Crippen molar-refractivity contribution in [3.63, 3.8) is 0 Å². The fraction of sp³-hybridized carbons (Fsp3) is 0.500. The van der Waals surface area contributed by atoms with Gasteiger partial charge in [0.15, 0.2) is 0 Å². The van der Waals surface area contributed by atoms with Crippen LogP contribution in [0.1, 0.15) is 53.9 Å². The highest BCUT2D eigenvalue weighted by Gasteiger charge is 2.46. The summed E-state index contributed by atoms with van der Waals surface area (Å²) >= 11 is 0. The Morgan fingerprint density at radius 2 is 2.03 bits per heavy atom. The number of amides is 1. The second-order valence-electron chi connectivity index (χ2n) is 9.42. The fourth-order valence-corrected chi connectivity index (χ4v) is 5.81. The lowest BCUT2D eigenvalue weighted by atomic mass is 9.78. The summed E-state index contributed by atoms with van der Waals surface area (Å²) in [5, 5.41) is 3.06. The van der Waals surface area contributed by atoms with Crippen molar-refractivity contribution >= 4 is 6.09 Å². The highest BCUT2D eigenvalue weighted by atomic mass is 16.6. The zero-order valence-corrected chi connectivity index (χ0v) is 17.7. The Bertz CT molecular complexity index is 912. The lowest BCUT2D eigenvalue weighted by Gasteiger charge is -2.31. The summed E-state index contributed by atoms with van der Waals surface area (Å²) < 4.78 is 11.1. The number of aryl methyl sites for hydroxylation is 1. The predicted octanol–water partition coefficient (Wildman–Crippen LogP) is 4.80. The molecule has 30 heavy (non-hydrogen) atoms. The van der Waals surface area contributed by atoms with E-state index < -0.39 is 0 Å². The van der Waals surface area contributed by atoms with Crippen molar-refractivity contribution in [3.05, 3.63) is 70.8 Å². The van der Waals surface area contributed by atoms with E-state index in [1.54, 1.807) is 0 Å². The van der Waals surface area contributed by atoms with Crippen LogP contribution in [-0.4, -0.2) is 31.5 Å². The third-order valence-corrected chi connectivity index (χ3v) is 7.53. The summed E-state index contributed by atoms with van der Waals surface area (Å²) in [6.45, 7) is 0.523. The Balaban J connectivity index is 1.26. The van der Waals surface area contributed by atoms with Gasteiger partial charge in [-0.2, -0.15) is 0 Å². The number of cyclic esters (lactones) is 1. The topological polar surface area (TPSA) is 47.6 Å². The number of nitrogens with one attached hydrogen (secondary N) is 1. The molecule has 2 aliphatic carbocycles. The average molecular weight is 406 g/mol. The molecule has 2 aromatic rings. The summed E-state index contributed by atoms with van der Waals surface area (Å²) in [4.78, 5) is 11.5. The molecule has 1 amide bonds. The van der Waals surface area contributed by atoms with E-state index in [4.69, 9.17) is 9.47 Å². The van der Waals surface area contributed by atoms with Gasteiger partial charge in [0.2, 0.25) is 0 Å². The molecule has 0 radical (unpaired) electrons. The molecule has 1 saturated heterocycles. The van der Waals surface area contributed by atoms with Crippen LogP contribution in [0.5, 0.6) is 0 Å². The molecule has 4 atom stereocenters. The Morgan fingerprint density at radius 1 is 1.17 bits per heavy atom. The number of methoxy groups -OCH3 is 1. The van der Waals surface area contributed by atoms with Gasteiger partial charge in [0.1, 0.15) is 6.61 Å². The monoisotopic (exact) mass is 405 g/mol. The minimum Gasteiger partial charge on any atom is -0.447 e. The fourth-order valence-electron chi connectivity index (χ4n) is 5.81. The molecule has 1 saturated carbocycles. The number of benzene rings is 2. The lowest BCUT2D eigenvalue weighted by Crippen LogP contribution is -2.40. The van der Waals surface area contributed by atoms with Gasteiger partial charge in [-0.15, -0.1) is 0 Å². The molecule has 0 bridgehead atoms. The molecule has 4 nitrogen and oxygen atoms in total. The van der Waals surface area contributed by atoms with Crippen LogP contribution in [0.3, 0.4) is 0 Å². The number of alkyl carbamates (subject to hydrolysis) is 1. The maximum absolute atomic E-state index is 11.5. The summed E-state index contributed by atoms with van der Waals surface area (Å²) in [5.41, 5.74) is 5.63. The highest BCUT2D eigenvalue weighted by molar-refractivity contribution is 5.70. The van der Waals surface area contributed by atoms with E-state index in [9.17, 15) is 4.79 Å². The van der Waals surface area contributed by atoms with Crippen molar-refractivity contribution in [2.45, 2.75) is 62.5 Å². The summed E-state index contributed by atoms with van der Waals surface area (Å²) in [7, 11) is 1.85. The maximum atomic E-state index is 11.5. The Labute approximate surface area is 179 Å². The molecule has 158 valence electrons. The van der Waals surface area contributed by atoms with Gasteiger partial charge in [0.05, 0.1) is 11.6 Å². The van der Waals surface area contributed by atoms with Crippen molar-refractivity contribution in [2.24, 2.45) is 5.92 Å². The van der Waals surface area contributed by atoms with Crippen molar-refractivity contribution in [3.8, 4) is 0 Å². The SMILES string of the molecule is COC(Cc1ccccc1)[C@H]1CCc2cc([C@H]3CC[C@]4(COC(=O)N4)C3)ccc2C1. The molecular weight excluding hydrogens is 374 g/mol. The Hall–Kier alpha value is -2.33. The molecule has 1 N–H and O–H groups in total. The van der Waals surface area contributed by atoms with Gasteiger partial charge in [-0.1, -0.05) is 48.5 Å². The first-order valence-electron chi connectivity index (χ1n) is 11.3. The van der Waals surface area contributed by atoms with E-state index in [0.717, 1.165) is 38.5 Å². The molecular formula is C26H31NO3. The van der Waals surface area contributed by atoms with E-state index in [0.29, 0.717) is 18.4 Å². The zero-order chi connectivity index (χ0) is 20.6. The quantitative estimate of drug-likeness (QED) is 0.778. The van der Waals surface area contributed by atoms with Gasteiger partial charge in [0.25, 0.3) is 0 Å². The van der Waals surface area contributed by atoms with Crippen molar-refractivity contribution in [1.29, 1.82) is 0 Å². The van der Waals surface area contributed by atoms with Gasteiger partial charge in [0, 0.05) is 7.11 Å². The number of carbonyl (C=O) groups is 1. The van der Waals surface area contributed by atoms with E-state index >= 15 is 0 Å². The van der Waals surface area contributed by atoms with Gasteiger partial charge in [-0.25, -0.2) is 4.79 Å². The molecule has 1 spiro atoms. The lowest BCUT2D eigenvalue weighted by molar-refractivity contribution is 0.0466. The van der Waals surface area contributed by atoms with E-state index in [1.165, 1.54) is 28.7 Å². The molecule has 1 unspecified atom stereocenters. The van der Waals surface area contributed by atoms with Crippen LogP contribution in [0, 0.1) is 5.92 Å². The summed E-state index contributed by atoms with van der Waals surface area (Å²) in [5.74, 6) is 1.08. The van der Waals surface area contributed by atoms with Crippen molar-refractivity contribution in [2.75, 3.05) is 13.7 Å². The summed E-state index contributed by atoms with van der Waals surface area (Å²) in [6, 6.07) is 17.8. The van der Waals surface area contributed by atoms with Crippen LogP contribution in [-0.2, 0) is 28.7 Å². The maximum Gasteiger partial charge on any atom is 0.407 e. The number of hydrogen-bond donors (Lipinski definition) is 1. The summed E-state index contributed by atoms with van der Waals surface area (Å²) in [6.07, 6.45) is 7.51. The van der Waals surface area contributed by atoms with Gasteiger partial charge in [-0.05, 0) is 79.0 Å². The third-order valence-electron chi connectivity index (χ3n) is 7.53. The normalized spacial score (nSPS) is 28.8. The van der Waals surface area contributed by atoms with Crippen LogP contribution in [0.4, 0.5) is 4.79 Å². The molecule has 1 aliphatic heterocycles. The highest BCUT2D eigenvalue weighted by Crippen LogP contribution is 2.43. The van der Waals surface area contributed by atoms with Crippen LogP contribution >= 0.6 is 0 Å². The smallest absolute Gasteiger partial charge is 0.407 e. The van der Waals surface area contributed by atoms with Crippen LogP contribution in [0.2, 0.25) is 0 Å². The molecule has 3 aliphatic rings. The molecule has 0 aromatic heterocycles. The van der Waals surface area contributed by atoms with Crippen LogP contribution in [0.25, 0.3) is 0 Å². The van der Waals surface area contributed by atoms with Gasteiger partial charge >= 0.3 is 6.09 Å². The predicted molar refractivity (Wildman–Crippen MR) is 117 cm³/mol. The number of fused-ring (bicyclic) bond motifs is 1. The average Bonchev–Trinajstić information content (AvgIpc) is 3.37. The minimum atomic E-state index is -0.254. The van der Waals surface area contributed by atoms with Crippen molar-refractivity contribution < 1.29 is 14.3 Å². The molecule has 4 heteroatoms. The van der Waals surface area contributed by atoms with Crippen LogP contribution < -0.4 is 5.32 Å².